The fraction of sp³-hybridized carbons (Fsp3) is 0.200. The average Bonchev–Trinajstić information content (AvgIpc) is 3.66. The van der Waals surface area contributed by atoms with Crippen molar-refractivity contribution in [2.24, 2.45) is 5.92 Å². The van der Waals surface area contributed by atoms with E-state index in [-0.39, 0.29) is 24.7 Å². The number of nitrogens with zero attached hydrogens (tertiary/aromatic N) is 2. The summed E-state index contributed by atoms with van der Waals surface area (Å²) in [6.45, 7) is 3.95. The molecule has 0 spiro atoms. The van der Waals surface area contributed by atoms with Gasteiger partial charge in [0.15, 0.2) is 0 Å². The van der Waals surface area contributed by atoms with Crippen molar-refractivity contribution in [2.75, 3.05) is 5.32 Å². The number of nitrogens with one attached hydrogen (secondary N) is 3. The van der Waals surface area contributed by atoms with Gasteiger partial charge in [-0.05, 0) is 52.8 Å². The lowest BCUT2D eigenvalue weighted by Gasteiger charge is -2.37. The summed E-state index contributed by atoms with van der Waals surface area (Å²) < 4.78 is 2.07. The SMILES string of the molecule is CC(C)C[C@H](NC(=O)Cc1ccccc1Nc1c(Cl)cccc1Cl)C(=O)N[C@H](C=O)Cc1cn(C(c2ccccc2)(c2ccccc2)c2ccccc2)cn1. The number of halogens is 2. The van der Waals surface area contributed by atoms with Crippen LogP contribution < -0.4 is 16.0 Å². The minimum atomic E-state index is -0.882. The smallest absolute Gasteiger partial charge is 0.243 e. The number of rotatable bonds is 16. The normalized spacial score (nSPS) is 12.5. The van der Waals surface area contributed by atoms with Gasteiger partial charge in [-0.25, -0.2) is 4.98 Å². The molecule has 0 aliphatic rings. The number of imidazole rings is 1. The summed E-state index contributed by atoms with van der Waals surface area (Å²) in [6, 6.07) is 41.5. The van der Waals surface area contributed by atoms with Gasteiger partial charge in [0.05, 0.1) is 40.2 Å². The van der Waals surface area contributed by atoms with Crippen molar-refractivity contribution in [1.82, 2.24) is 20.2 Å². The van der Waals surface area contributed by atoms with Crippen molar-refractivity contribution in [3.05, 3.63) is 184 Å². The molecule has 3 N–H and O–H groups in total. The molecule has 0 fully saturated rings. The lowest BCUT2D eigenvalue weighted by atomic mass is 9.77. The summed E-state index contributed by atoms with van der Waals surface area (Å²) in [4.78, 5) is 44.5. The second kappa shape index (κ2) is 18.1. The monoisotopic (exact) mass is 771 g/mol. The van der Waals surface area contributed by atoms with E-state index in [2.05, 4.69) is 56.9 Å². The Kier molecular flexibility index (Phi) is 12.8. The van der Waals surface area contributed by atoms with Gasteiger partial charge in [-0.1, -0.05) is 152 Å². The number of anilines is 2. The van der Waals surface area contributed by atoms with Crippen LogP contribution in [0.25, 0.3) is 0 Å². The number of hydrogen-bond acceptors (Lipinski definition) is 5. The van der Waals surface area contributed by atoms with E-state index in [4.69, 9.17) is 28.2 Å². The summed E-state index contributed by atoms with van der Waals surface area (Å²) in [7, 11) is 0. The van der Waals surface area contributed by atoms with Crippen molar-refractivity contribution in [3.8, 4) is 0 Å². The van der Waals surface area contributed by atoms with Gasteiger partial charge in [0.2, 0.25) is 11.8 Å². The Morgan fingerprint density at radius 3 is 1.84 bits per heavy atom. The molecule has 6 rings (SSSR count). The fourth-order valence-electron chi connectivity index (χ4n) is 6.95. The van der Waals surface area contributed by atoms with Crippen molar-refractivity contribution in [3.63, 3.8) is 0 Å². The van der Waals surface area contributed by atoms with Gasteiger partial charge < -0.3 is 25.3 Å². The van der Waals surface area contributed by atoms with E-state index >= 15 is 0 Å². The molecule has 8 nitrogen and oxygen atoms in total. The van der Waals surface area contributed by atoms with Crippen molar-refractivity contribution < 1.29 is 14.4 Å². The zero-order chi connectivity index (χ0) is 38.8. The van der Waals surface area contributed by atoms with Crippen LogP contribution >= 0.6 is 23.2 Å². The van der Waals surface area contributed by atoms with E-state index in [0.29, 0.717) is 45.4 Å². The molecule has 6 aromatic rings. The van der Waals surface area contributed by atoms with Crippen molar-refractivity contribution in [2.45, 2.75) is 50.7 Å². The van der Waals surface area contributed by atoms with Gasteiger partial charge in [-0.3, -0.25) is 9.59 Å². The standard InChI is InChI=1S/C45H43Cl2N5O3/c1-31(2)25-41(50-42(54)26-32-15-12-13-24-40(32)51-43-38(46)22-14-23-39(43)47)44(55)49-37(29-53)27-36-28-52(30-48-36)45(33-16-6-3-7-17-33,34-18-8-4-9-19-34)35-20-10-5-11-21-35/h3-24,28-31,37,41,51H,25-27H2,1-2H3,(H,49,55)(H,50,54)/t37-,41-/m0/s1. The van der Waals surface area contributed by atoms with Crippen LogP contribution in [0.2, 0.25) is 10.0 Å². The molecule has 0 radical (unpaired) electrons. The number of amides is 2. The molecule has 2 amide bonds. The molecule has 0 aliphatic carbocycles. The van der Waals surface area contributed by atoms with Crippen molar-refractivity contribution >= 4 is 52.7 Å². The molecule has 0 saturated heterocycles. The first-order chi connectivity index (χ1) is 26.7. The van der Waals surface area contributed by atoms with Crippen LogP contribution in [0.5, 0.6) is 0 Å². The predicted octanol–water partition coefficient (Wildman–Crippen LogP) is 8.77. The van der Waals surface area contributed by atoms with E-state index < -0.39 is 23.5 Å². The van der Waals surface area contributed by atoms with Crippen LogP contribution in [-0.2, 0) is 32.8 Å². The van der Waals surface area contributed by atoms with Crippen LogP contribution in [0, 0.1) is 5.92 Å². The average molecular weight is 773 g/mol. The maximum Gasteiger partial charge on any atom is 0.243 e. The molecule has 1 aromatic heterocycles. The molecule has 2 atom stereocenters. The minimum absolute atomic E-state index is 0.00629. The Morgan fingerprint density at radius 2 is 1.29 bits per heavy atom. The lowest BCUT2D eigenvalue weighted by Crippen LogP contribution is -2.51. The summed E-state index contributed by atoms with van der Waals surface area (Å²) >= 11 is 12.8. The van der Waals surface area contributed by atoms with Crippen LogP contribution in [-0.4, -0.2) is 39.7 Å². The Balaban J connectivity index is 1.20. The van der Waals surface area contributed by atoms with Gasteiger partial charge in [-0.2, -0.15) is 0 Å². The predicted molar refractivity (Wildman–Crippen MR) is 220 cm³/mol. The lowest BCUT2D eigenvalue weighted by molar-refractivity contribution is -0.130. The van der Waals surface area contributed by atoms with Crippen LogP contribution in [0.15, 0.2) is 146 Å². The molecule has 5 aromatic carbocycles. The number of carbonyl (C=O) groups is 3. The van der Waals surface area contributed by atoms with E-state index in [1.54, 1.807) is 24.5 Å². The van der Waals surface area contributed by atoms with E-state index in [0.717, 1.165) is 16.7 Å². The molecule has 0 saturated carbocycles. The van der Waals surface area contributed by atoms with Gasteiger partial charge in [0, 0.05) is 18.3 Å². The number of benzene rings is 5. The largest absolute Gasteiger partial charge is 0.353 e. The third kappa shape index (κ3) is 9.16. The number of hydrogen-bond donors (Lipinski definition) is 3. The molecule has 0 bridgehead atoms. The van der Waals surface area contributed by atoms with Gasteiger partial charge in [-0.15, -0.1) is 0 Å². The summed E-state index contributed by atoms with van der Waals surface area (Å²) in [5.41, 5.74) is 4.85. The highest BCUT2D eigenvalue weighted by molar-refractivity contribution is 6.39. The first-order valence-electron chi connectivity index (χ1n) is 18.2. The topological polar surface area (TPSA) is 105 Å². The third-order valence-electron chi connectivity index (χ3n) is 9.47. The van der Waals surface area contributed by atoms with Gasteiger partial charge in [0.25, 0.3) is 0 Å². The molecular formula is C45H43Cl2N5O3. The minimum Gasteiger partial charge on any atom is -0.353 e. The highest BCUT2D eigenvalue weighted by atomic mass is 35.5. The van der Waals surface area contributed by atoms with E-state index in [9.17, 15) is 14.4 Å². The molecular weight excluding hydrogens is 729 g/mol. The second-order valence-electron chi connectivity index (χ2n) is 13.8. The Bertz CT molecular complexity index is 2090. The van der Waals surface area contributed by atoms with E-state index in [1.165, 1.54) is 0 Å². The Morgan fingerprint density at radius 1 is 0.745 bits per heavy atom. The number of carbonyl (C=O) groups excluding carboxylic acids is 3. The maximum atomic E-state index is 13.8. The third-order valence-corrected chi connectivity index (χ3v) is 10.1. The fourth-order valence-corrected chi connectivity index (χ4v) is 7.44. The Labute approximate surface area is 331 Å². The highest BCUT2D eigenvalue weighted by Gasteiger charge is 2.38. The molecule has 0 unspecified atom stereocenters. The summed E-state index contributed by atoms with van der Waals surface area (Å²) in [5.74, 6) is -0.708. The molecule has 0 aliphatic heterocycles. The molecule has 55 heavy (non-hydrogen) atoms. The first-order valence-corrected chi connectivity index (χ1v) is 19.0. The summed E-state index contributed by atoms with van der Waals surface area (Å²) in [6.07, 6.45) is 4.95. The van der Waals surface area contributed by atoms with Gasteiger partial charge >= 0.3 is 0 Å². The second-order valence-corrected chi connectivity index (χ2v) is 14.7. The van der Waals surface area contributed by atoms with Gasteiger partial charge in [0.1, 0.15) is 17.9 Å². The quantitative estimate of drug-likeness (QED) is 0.0675. The number of aromatic nitrogens is 2. The first kappa shape index (κ1) is 39.0. The van der Waals surface area contributed by atoms with Crippen LogP contribution in [0.1, 0.15) is 48.2 Å². The zero-order valence-electron chi connectivity index (χ0n) is 30.7. The highest BCUT2D eigenvalue weighted by Crippen LogP contribution is 2.41. The number of para-hydroxylation sites is 2. The summed E-state index contributed by atoms with van der Waals surface area (Å²) in [5, 5.41) is 9.93. The van der Waals surface area contributed by atoms with Crippen molar-refractivity contribution in [1.29, 1.82) is 0 Å². The molecule has 1 heterocycles. The Hall–Kier alpha value is -5.70. The zero-order valence-corrected chi connectivity index (χ0v) is 32.2. The molecule has 10 heteroatoms. The maximum absolute atomic E-state index is 13.8. The molecule has 280 valence electrons. The van der Waals surface area contributed by atoms with Crippen LogP contribution in [0.4, 0.5) is 11.4 Å². The van der Waals surface area contributed by atoms with Crippen LogP contribution in [0.3, 0.4) is 0 Å². The number of aldehydes is 1. The van der Waals surface area contributed by atoms with E-state index in [1.807, 2.05) is 98.9 Å².